The third kappa shape index (κ3) is 3.75. The summed E-state index contributed by atoms with van der Waals surface area (Å²) in [7, 11) is 0. The molecule has 2 aromatic heterocycles. The van der Waals surface area contributed by atoms with E-state index in [0.29, 0.717) is 16.1 Å². The first-order valence-corrected chi connectivity index (χ1v) is 8.78. The van der Waals surface area contributed by atoms with E-state index in [1.54, 1.807) is 23.6 Å². The number of pyridine rings is 1. The van der Waals surface area contributed by atoms with E-state index in [0.717, 1.165) is 30.1 Å². The van der Waals surface area contributed by atoms with E-state index >= 15 is 0 Å². The first kappa shape index (κ1) is 15.2. The van der Waals surface area contributed by atoms with Gasteiger partial charge in [0.25, 0.3) is 0 Å². The second-order valence-electron chi connectivity index (χ2n) is 5.28. The van der Waals surface area contributed by atoms with Crippen molar-refractivity contribution in [2.24, 2.45) is 0 Å². The Morgan fingerprint density at radius 1 is 1.38 bits per heavy atom. The summed E-state index contributed by atoms with van der Waals surface area (Å²) in [5.74, 6) is 0. The van der Waals surface area contributed by atoms with E-state index in [9.17, 15) is 0 Å². The van der Waals surface area contributed by atoms with Gasteiger partial charge in [-0.05, 0) is 25.3 Å². The summed E-state index contributed by atoms with van der Waals surface area (Å²) in [5, 5.41) is 5.54. The fourth-order valence-corrected chi connectivity index (χ4v) is 3.75. The molecule has 3 nitrogen and oxygen atoms in total. The number of hydrogen-bond acceptors (Lipinski definition) is 4. The van der Waals surface area contributed by atoms with Gasteiger partial charge in [0.15, 0.2) is 0 Å². The molecule has 2 aromatic rings. The first-order chi connectivity index (χ1) is 10.2. The fraction of sp³-hybridized carbons (Fsp3) is 0.467. The standard InChI is InChI=1S/C15H17Cl2N3S/c1-2-3-12-13(8-18-10-4-5-10)21-15(20-12)14-11(17)6-9(16)7-19-14/h6-7,10,18H,2-5,8H2,1H3. The molecule has 0 amide bonds. The molecule has 0 aliphatic heterocycles. The number of hydrogen-bond donors (Lipinski definition) is 1. The van der Waals surface area contributed by atoms with Crippen LogP contribution in [0.4, 0.5) is 0 Å². The fourth-order valence-electron chi connectivity index (χ4n) is 2.15. The molecule has 112 valence electrons. The second kappa shape index (κ2) is 6.61. The van der Waals surface area contributed by atoms with Crippen molar-refractivity contribution in [3.05, 3.63) is 32.9 Å². The second-order valence-corrected chi connectivity index (χ2v) is 7.21. The van der Waals surface area contributed by atoms with Crippen LogP contribution in [-0.2, 0) is 13.0 Å². The molecule has 1 aliphatic rings. The summed E-state index contributed by atoms with van der Waals surface area (Å²) in [6.45, 7) is 3.06. The number of aryl methyl sites for hydroxylation is 1. The Bertz CT molecular complexity index is 638. The number of nitrogens with one attached hydrogen (secondary N) is 1. The van der Waals surface area contributed by atoms with Gasteiger partial charge in [0.1, 0.15) is 10.7 Å². The van der Waals surface area contributed by atoms with Gasteiger partial charge in [0.05, 0.1) is 15.7 Å². The number of thiazole rings is 1. The molecule has 1 aliphatic carbocycles. The van der Waals surface area contributed by atoms with Crippen molar-refractivity contribution < 1.29 is 0 Å². The lowest BCUT2D eigenvalue weighted by molar-refractivity contribution is 0.686. The van der Waals surface area contributed by atoms with E-state index in [1.165, 1.54) is 23.4 Å². The van der Waals surface area contributed by atoms with Crippen LogP contribution in [0, 0.1) is 0 Å². The number of aromatic nitrogens is 2. The molecule has 0 aromatic carbocycles. The van der Waals surface area contributed by atoms with Crippen molar-refractivity contribution >= 4 is 34.5 Å². The zero-order valence-corrected chi connectivity index (χ0v) is 14.2. The summed E-state index contributed by atoms with van der Waals surface area (Å²) in [6.07, 6.45) is 6.27. The van der Waals surface area contributed by atoms with Gasteiger partial charge in [-0.25, -0.2) is 4.98 Å². The lowest BCUT2D eigenvalue weighted by Crippen LogP contribution is -2.15. The van der Waals surface area contributed by atoms with Gasteiger partial charge in [-0.15, -0.1) is 11.3 Å². The summed E-state index contributed by atoms with van der Waals surface area (Å²) < 4.78 is 0. The van der Waals surface area contributed by atoms with Gasteiger partial charge in [0, 0.05) is 23.7 Å². The maximum atomic E-state index is 6.24. The highest BCUT2D eigenvalue weighted by Crippen LogP contribution is 2.33. The summed E-state index contributed by atoms with van der Waals surface area (Å²) in [6, 6.07) is 2.41. The molecule has 0 atom stereocenters. The smallest absolute Gasteiger partial charge is 0.143 e. The third-order valence-corrected chi connectivity index (χ3v) is 5.00. The highest BCUT2D eigenvalue weighted by atomic mass is 35.5. The zero-order valence-electron chi connectivity index (χ0n) is 11.8. The van der Waals surface area contributed by atoms with Crippen molar-refractivity contribution in [1.29, 1.82) is 0 Å². The van der Waals surface area contributed by atoms with Crippen LogP contribution < -0.4 is 5.32 Å². The van der Waals surface area contributed by atoms with Crippen LogP contribution in [0.1, 0.15) is 36.8 Å². The number of nitrogens with zero attached hydrogens (tertiary/aromatic N) is 2. The molecule has 0 saturated heterocycles. The molecule has 1 N–H and O–H groups in total. The summed E-state index contributed by atoms with van der Waals surface area (Å²) >= 11 is 13.8. The minimum Gasteiger partial charge on any atom is -0.309 e. The monoisotopic (exact) mass is 341 g/mol. The van der Waals surface area contributed by atoms with Crippen LogP contribution >= 0.6 is 34.5 Å². The predicted molar refractivity (Wildman–Crippen MR) is 89.2 cm³/mol. The average Bonchev–Trinajstić information content (AvgIpc) is 3.19. The van der Waals surface area contributed by atoms with Crippen molar-refractivity contribution in [3.63, 3.8) is 0 Å². The minimum absolute atomic E-state index is 0.546. The maximum absolute atomic E-state index is 6.24. The van der Waals surface area contributed by atoms with E-state index in [2.05, 4.69) is 17.2 Å². The van der Waals surface area contributed by atoms with Crippen molar-refractivity contribution in [1.82, 2.24) is 15.3 Å². The highest BCUT2D eigenvalue weighted by molar-refractivity contribution is 7.15. The molecule has 2 heterocycles. The SMILES string of the molecule is CCCc1nc(-c2ncc(Cl)cc2Cl)sc1CNC1CC1. The van der Waals surface area contributed by atoms with Gasteiger partial charge in [0.2, 0.25) is 0 Å². The maximum Gasteiger partial charge on any atom is 0.143 e. The molecular formula is C15H17Cl2N3S. The van der Waals surface area contributed by atoms with Crippen LogP contribution in [0.2, 0.25) is 10.0 Å². The van der Waals surface area contributed by atoms with Crippen molar-refractivity contribution in [2.45, 2.75) is 45.2 Å². The molecule has 1 fully saturated rings. The van der Waals surface area contributed by atoms with Gasteiger partial charge >= 0.3 is 0 Å². The largest absolute Gasteiger partial charge is 0.309 e. The molecule has 0 bridgehead atoms. The van der Waals surface area contributed by atoms with Crippen LogP contribution in [0.25, 0.3) is 10.7 Å². The van der Waals surface area contributed by atoms with E-state index in [-0.39, 0.29) is 0 Å². The van der Waals surface area contributed by atoms with Gasteiger partial charge in [-0.2, -0.15) is 0 Å². The molecule has 1 saturated carbocycles. The Morgan fingerprint density at radius 2 is 2.19 bits per heavy atom. The third-order valence-electron chi connectivity index (χ3n) is 3.40. The normalized spacial score (nSPS) is 14.6. The highest BCUT2D eigenvalue weighted by Gasteiger charge is 2.22. The lowest BCUT2D eigenvalue weighted by Gasteiger charge is -2.01. The Kier molecular flexibility index (Phi) is 4.79. The Morgan fingerprint density at radius 3 is 2.86 bits per heavy atom. The summed E-state index contributed by atoms with van der Waals surface area (Å²) in [4.78, 5) is 10.4. The van der Waals surface area contributed by atoms with Gasteiger partial charge in [-0.3, -0.25) is 4.98 Å². The number of halogens is 2. The van der Waals surface area contributed by atoms with Crippen molar-refractivity contribution in [3.8, 4) is 10.7 Å². The summed E-state index contributed by atoms with van der Waals surface area (Å²) in [5.41, 5.74) is 1.89. The predicted octanol–water partition coefficient (Wildman–Crippen LogP) is 4.72. The molecular weight excluding hydrogens is 325 g/mol. The first-order valence-electron chi connectivity index (χ1n) is 7.20. The van der Waals surface area contributed by atoms with Crippen LogP contribution in [0.3, 0.4) is 0 Å². The average molecular weight is 342 g/mol. The number of rotatable bonds is 6. The van der Waals surface area contributed by atoms with Gasteiger partial charge < -0.3 is 5.32 Å². The minimum atomic E-state index is 0.546. The van der Waals surface area contributed by atoms with Crippen LogP contribution in [0.15, 0.2) is 12.3 Å². The zero-order chi connectivity index (χ0) is 14.8. The van der Waals surface area contributed by atoms with Crippen LogP contribution in [0.5, 0.6) is 0 Å². The topological polar surface area (TPSA) is 37.8 Å². The Hall–Kier alpha value is -0.680. The molecule has 0 spiro atoms. The Labute approximate surface area is 138 Å². The molecule has 21 heavy (non-hydrogen) atoms. The molecule has 3 rings (SSSR count). The van der Waals surface area contributed by atoms with E-state index in [1.807, 2.05) is 0 Å². The lowest BCUT2D eigenvalue weighted by atomic mass is 10.2. The van der Waals surface area contributed by atoms with Crippen molar-refractivity contribution in [2.75, 3.05) is 0 Å². The van der Waals surface area contributed by atoms with Gasteiger partial charge in [-0.1, -0.05) is 36.5 Å². The molecule has 0 unspecified atom stereocenters. The van der Waals surface area contributed by atoms with E-state index < -0.39 is 0 Å². The van der Waals surface area contributed by atoms with E-state index in [4.69, 9.17) is 28.2 Å². The quantitative estimate of drug-likeness (QED) is 0.826. The molecule has 0 radical (unpaired) electrons. The van der Waals surface area contributed by atoms with Crippen LogP contribution in [-0.4, -0.2) is 16.0 Å². The Balaban J connectivity index is 1.88. The molecule has 6 heteroatoms.